The van der Waals surface area contributed by atoms with Crippen LogP contribution in [0.2, 0.25) is 0 Å². The lowest BCUT2D eigenvalue weighted by molar-refractivity contribution is 0.411. The van der Waals surface area contributed by atoms with Gasteiger partial charge in [-0.2, -0.15) is 0 Å². The maximum Gasteiger partial charge on any atom is 0.215 e. The summed E-state index contributed by atoms with van der Waals surface area (Å²) in [6.45, 7) is 4.34. The van der Waals surface area contributed by atoms with E-state index < -0.39 is 10.0 Å². The summed E-state index contributed by atoms with van der Waals surface area (Å²) in [6, 6.07) is 13.4. The molecule has 2 aromatic carbocycles. The van der Waals surface area contributed by atoms with Gasteiger partial charge in [0, 0.05) is 6.54 Å². The smallest absolute Gasteiger partial charge is 0.215 e. The molecule has 2 aromatic rings. The van der Waals surface area contributed by atoms with E-state index in [1.54, 1.807) is 7.11 Å². The summed E-state index contributed by atoms with van der Waals surface area (Å²) in [7, 11) is -1.68. The fraction of sp³-hybridized carbons (Fsp3) is 0.333. The number of benzene rings is 2. The predicted molar refractivity (Wildman–Crippen MR) is 93.2 cm³/mol. The van der Waals surface area contributed by atoms with Crippen molar-refractivity contribution in [3.05, 3.63) is 64.7 Å². The Balaban J connectivity index is 1.89. The molecule has 5 heteroatoms. The molecule has 0 radical (unpaired) electrons. The van der Waals surface area contributed by atoms with E-state index in [0.717, 1.165) is 28.0 Å². The number of methoxy groups -OCH3 is 1. The van der Waals surface area contributed by atoms with Crippen LogP contribution in [0.4, 0.5) is 0 Å². The van der Waals surface area contributed by atoms with Crippen molar-refractivity contribution in [3.8, 4) is 5.75 Å². The Morgan fingerprint density at radius 1 is 1.00 bits per heavy atom. The van der Waals surface area contributed by atoms with Crippen molar-refractivity contribution < 1.29 is 13.2 Å². The van der Waals surface area contributed by atoms with Gasteiger partial charge >= 0.3 is 0 Å². The van der Waals surface area contributed by atoms with Crippen molar-refractivity contribution >= 4 is 10.0 Å². The van der Waals surface area contributed by atoms with Crippen LogP contribution in [0.1, 0.15) is 22.3 Å². The highest BCUT2D eigenvalue weighted by atomic mass is 32.2. The lowest BCUT2D eigenvalue weighted by Gasteiger charge is -2.09. The van der Waals surface area contributed by atoms with E-state index >= 15 is 0 Å². The Morgan fingerprint density at radius 3 is 2.26 bits per heavy atom. The van der Waals surface area contributed by atoms with Gasteiger partial charge in [0.1, 0.15) is 5.75 Å². The Hall–Kier alpha value is -1.85. The SMILES string of the molecule is COc1ccc(CCNS(=O)(=O)Cc2ccc(C)cc2)cc1C. The number of nitrogens with one attached hydrogen (secondary N) is 1. The molecule has 4 nitrogen and oxygen atoms in total. The zero-order valence-electron chi connectivity index (χ0n) is 13.8. The summed E-state index contributed by atoms with van der Waals surface area (Å²) in [5, 5.41) is 0. The number of hydrogen-bond acceptors (Lipinski definition) is 3. The largest absolute Gasteiger partial charge is 0.496 e. The van der Waals surface area contributed by atoms with Gasteiger partial charge in [-0.15, -0.1) is 0 Å². The first-order valence-electron chi connectivity index (χ1n) is 7.56. The van der Waals surface area contributed by atoms with Crippen molar-refractivity contribution in [1.29, 1.82) is 0 Å². The van der Waals surface area contributed by atoms with Gasteiger partial charge < -0.3 is 4.74 Å². The number of aryl methyl sites for hydroxylation is 2. The second-order valence-electron chi connectivity index (χ2n) is 5.69. The zero-order valence-corrected chi connectivity index (χ0v) is 14.6. The second-order valence-corrected chi connectivity index (χ2v) is 7.50. The van der Waals surface area contributed by atoms with Crippen molar-refractivity contribution in [3.63, 3.8) is 0 Å². The molecule has 0 aliphatic carbocycles. The maximum absolute atomic E-state index is 12.1. The van der Waals surface area contributed by atoms with Gasteiger partial charge in [0.15, 0.2) is 0 Å². The minimum absolute atomic E-state index is 0.00885. The topological polar surface area (TPSA) is 55.4 Å². The molecule has 0 saturated heterocycles. The average molecular weight is 333 g/mol. The molecule has 0 amide bonds. The van der Waals surface area contributed by atoms with Gasteiger partial charge in [0.25, 0.3) is 0 Å². The molecule has 23 heavy (non-hydrogen) atoms. The molecular formula is C18H23NO3S. The average Bonchev–Trinajstić information content (AvgIpc) is 2.49. The highest BCUT2D eigenvalue weighted by molar-refractivity contribution is 7.88. The monoisotopic (exact) mass is 333 g/mol. The van der Waals surface area contributed by atoms with E-state index in [1.165, 1.54) is 0 Å². The minimum atomic E-state index is -3.32. The van der Waals surface area contributed by atoms with Crippen molar-refractivity contribution in [2.75, 3.05) is 13.7 Å². The molecule has 0 aliphatic heterocycles. The predicted octanol–water partition coefficient (Wildman–Crippen LogP) is 2.97. The zero-order chi connectivity index (χ0) is 16.9. The van der Waals surface area contributed by atoms with E-state index in [4.69, 9.17) is 4.74 Å². The quantitative estimate of drug-likeness (QED) is 0.847. The summed E-state index contributed by atoms with van der Waals surface area (Å²) in [5.74, 6) is 0.850. The second kappa shape index (κ2) is 7.62. The molecule has 0 saturated carbocycles. The molecule has 124 valence electrons. The highest BCUT2D eigenvalue weighted by Crippen LogP contribution is 2.18. The van der Waals surface area contributed by atoms with E-state index in [1.807, 2.05) is 56.3 Å². The molecule has 0 bridgehead atoms. The summed E-state index contributed by atoms with van der Waals surface area (Å²) >= 11 is 0. The van der Waals surface area contributed by atoms with Gasteiger partial charge in [0.05, 0.1) is 12.9 Å². The molecule has 1 N–H and O–H groups in total. The van der Waals surface area contributed by atoms with Gasteiger partial charge in [-0.25, -0.2) is 13.1 Å². The third kappa shape index (κ3) is 5.37. The molecule has 0 aliphatic rings. The van der Waals surface area contributed by atoms with Crippen molar-refractivity contribution in [2.45, 2.75) is 26.0 Å². The molecule has 2 rings (SSSR count). The van der Waals surface area contributed by atoms with Gasteiger partial charge in [-0.1, -0.05) is 42.0 Å². The fourth-order valence-corrected chi connectivity index (χ4v) is 3.55. The molecule has 0 atom stereocenters. The number of rotatable bonds is 7. The lowest BCUT2D eigenvalue weighted by Crippen LogP contribution is -2.27. The third-order valence-corrected chi connectivity index (χ3v) is 5.03. The van der Waals surface area contributed by atoms with Crippen molar-refractivity contribution in [2.24, 2.45) is 0 Å². The summed E-state index contributed by atoms with van der Waals surface area (Å²) in [6.07, 6.45) is 0.651. The number of ether oxygens (including phenoxy) is 1. The van der Waals surface area contributed by atoms with Crippen LogP contribution in [0.5, 0.6) is 5.75 Å². The first kappa shape index (κ1) is 17.5. The standard InChI is InChI=1S/C18H23NO3S/c1-14-4-6-17(7-5-14)13-23(20,21)19-11-10-16-8-9-18(22-3)15(2)12-16/h4-9,12,19H,10-11,13H2,1-3H3. The van der Waals surface area contributed by atoms with Crippen LogP contribution in [0.3, 0.4) is 0 Å². The van der Waals surface area contributed by atoms with E-state index in [2.05, 4.69) is 4.72 Å². The first-order chi connectivity index (χ1) is 10.9. The van der Waals surface area contributed by atoms with Gasteiger partial charge in [-0.3, -0.25) is 0 Å². The Bertz CT molecular complexity index is 752. The van der Waals surface area contributed by atoms with Crippen LogP contribution in [0, 0.1) is 13.8 Å². The molecule has 0 heterocycles. The summed E-state index contributed by atoms with van der Waals surface area (Å²) in [4.78, 5) is 0. The minimum Gasteiger partial charge on any atom is -0.496 e. The highest BCUT2D eigenvalue weighted by Gasteiger charge is 2.11. The van der Waals surface area contributed by atoms with Crippen molar-refractivity contribution in [1.82, 2.24) is 4.72 Å². The lowest BCUT2D eigenvalue weighted by atomic mass is 10.1. The van der Waals surface area contributed by atoms with Gasteiger partial charge in [0.2, 0.25) is 10.0 Å². The fourth-order valence-electron chi connectivity index (χ4n) is 2.40. The van der Waals surface area contributed by atoms with Crippen LogP contribution in [-0.2, 0) is 22.2 Å². The van der Waals surface area contributed by atoms with E-state index in [-0.39, 0.29) is 5.75 Å². The molecular weight excluding hydrogens is 310 g/mol. The van der Waals surface area contributed by atoms with Crippen LogP contribution in [0.25, 0.3) is 0 Å². The third-order valence-electron chi connectivity index (χ3n) is 3.67. The summed E-state index contributed by atoms with van der Waals surface area (Å²) < 4.78 is 32.1. The summed E-state index contributed by atoms with van der Waals surface area (Å²) in [5.41, 5.74) is 4.05. The van der Waals surface area contributed by atoms with Crippen LogP contribution in [0.15, 0.2) is 42.5 Å². The van der Waals surface area contributed by atoms with Crippen LogP contribution < -0.4 is 9.46 Å². The first-order valence-corrected chi connectivity index (χ1v) is 9.21. The Kier molecular flexibility index (Phi) is 5.80. The Morgan fingerprint density at radius 2 is 1.65 bits per heavy atom. The molecule has 0 unspecified atom stereocenters. The molecule has 0 spiro atoms. The normalized spacial score (nSPS) is 11.4. The maximum atomic E-state index is 12.1. The van der Waals surface area contributed by atoms with Gasteiger partial charge in [-0.05, 0) is 43.0 Å². The van der Waals surface area contributed by atoms with E-state index in [9.17, 15) is 8.42 Å². The Labute approximate surface area is 138 Å². The van der Waals surface area contributed by atoms with Crippen LogP contribution in [-0.4, -0.2) is 22.1 Å². The van der Waals surface area contributed by atoms with Crippen LogP contribution >= 0.6 is 0 Å². The number of sulfonamides is 1. The molecule has 0 aromatic heterocycles. The molecule has 0 fully saturated rings. The van der Waals surface area contributed by atoms with E-state index in [0.29, 0.717) is 13.0 Å². The number of hydrogen-bond donors (Lipinski definition) is 1.